The molecule has 1 heterocycles. The third-order valence-corrected chi connectivity index (χ3v) is 4.49. The number of halogens is 1. The van der Waals surface area contributed by atoms with E-state index in [9.17, 15) is 14.3 Å². The van der Waals surface area contributed by atoms with Crippen LogP contribution in [0.15, 0.2) is 42.6 Å². The second kappa shape index (κ2) is 8.21. The Morgan fingerprint density at radius 2 is 1.96 bits per heavy atom. The molecular weight excluding hydrogens is 344 g/mol. The van der Waals surface area contributed by atoms with Crippen LogP contribution in [0.2, 0.25) is 0 Å². The maximum Gasteiger partial charge on any atom is 0.339 e. The predicted octanol–water partition coefficient (Wildman–Crippen LogP) is 3.10. The summed E-state index contributed by atoms with van der Waals surface area (Å²) in [7, 11) is 1.87. The zero-order chi connectivity index (χ0) is 19.4. The van der Waals surface area contributed by atoms with Crippen molar-refractivity contribution < 1.29 is 19.0 Å². The van der Waals surface area contributed by atoms with Crippen LogP contribution in [0.5, 0.6) is 5.75 Å². The number of carbonyl (C=O) groups is 1. The zero-order valence-electron chi connectivity index (χ0n) is 15.5. The Kier molecular flexibility index (Phi) is 5.74. The van der Waals surface area contributed by atoms with Crippen molar-refractivity contribution in [3.05, 3.63) is 65.1 Å². The molecule has 27 heavy (non-hydrogen) atoms. The highest BCUT2D eigenvalue weighted by atomic mass is 19.1. The summed E-state index contributed by atoms with van der Waals surface area (Å²) in [4.78, 5) is 16.2. The Labute approximate surface area is 158 Å². The topological polar surface area (TPSA) is 59.4 Å². The first-order valence-electron chi connectivity index (χ1n) is 9.02. The van der Waals surface area contributed by atoms with Crippen molar-refractivity contribution in [3.8, 4) is 5.75 Å². The molecule has 0 aliphatic carbocycles. The SMILES string of the molecule is Bc1cc(C(=O)O)c(OCCCC)c2ncc(Cc3ccc(F)cc3)cc12. The molecule has 0 atom stereocenters. The van der Waals surface area contributed by atoms with Crippen LogP contribution in [0.4, 0.5) is 4.39 Å². The standard InChI is InChI=1S/C21H21BFNO3/c1-2-3-8-27-20-17(21(25)26)11-18(22)16-10-14(12-24-19(16)20)9-13-4-6-15(23)7-5-13/h4-7,10-12H,2-3,8-9,22H2,1H3,(H,25,26). The quantitative estimate of drug-likeness (QED) is 0.516. The highest BCUT2D eigenvalue weighted by Crippen LogP contribution is 2.28. The lowest BCUT2D eigenvalue weighted by Crippen LogP contribution is -2.14. The Morgan fingerprint density at radius 3 is 2.63 bits per heavy atom. The van der Waals surface area contributed by atoms with Crippen LogP contribution in [0, 0.1) is 5.82 Å². The summed E-state index contributed by atoms with van der Waals surface area (Å²) < 4.78 is 18.9. The lowest BCUT2D eigenvalue weighted by Gasteiger charge is -2.14. The first-order valence-corrected chi connectivity index (χ1v) is 9.02. The zero-order valence-corrected chi connectivity index (χ0v) is 15.5. The van der Waals surface area contributed by atoms with E-state index in [-0.39, 0.29) is 11.4 Å². The van der Waals surface area contributed by atoms with Gasteiger partial charge < -0.3 is 9.84 Å². The van der Waals surface area contributed by atoms with Gasteiger partial charge in [0.25, 0.3) is 0 Å². The lowest BCUT2D eigenvalue weighted by atomic mass is 9.88. The highest BCUT2D eigenvalue weighted by Gasteiger charge is 2.18. The van der Waals surface area contributed by atoms with E-state index in [4.69, 9.17) is 4.74 Å². The van der Waals surface area contributed by atoms with E-state index in [0.29, 0.717) is 24.3 Å². The molecule has 0 radical (unpaired) electrons. The summed E-state index contributed by atoms with van der Waals surface area (Å²) in [5.41, 5.74) is 3.48. The van der Waals surface area contributed by atoms with Crippen LogP contribution in [-0.2, 0) is 6.42 Å². The van der Waals surface area contributed by atoms with Gasteiger partial charge >= 0.3 is 5.97 Å². The van der Waals surface area contributed by atoms with Crippen molar-refractivity contribution >= 4 is 30.2 Å². The predicted molar refractivity (Wildman–Crippen MR) is 106 cm³/mol. The van der Waals surface area contributed by atoms with Crippen molar-refractivity contribution in [1.29, 1.82) is 0 Å². The number of benzene rings is 2. The number of aromatic nitrogens is 1. The van der Waals surface area contributed by atoms with E-state index >= 15 is 0 Å². The van der Waals surface area contributed by atoms with Gasteiger partial charge in [-0.2, -0.15) is 0 Å². The van der Waals surface area contributed by atoms with Gasteiger partial charge in [-0.1, -0.05) is 30.9 Å². The van der Waals surface area contributed by atoms with Crippen LogP contribution in [-0.4, -0.2) is 30.5 Å². The Bertz CT molecular complexity index is 973. The monoisotopic (exact) mass is 365 g/mol. The Balaban J connectivity index is 2.02. The Morgan fingerprint density at radius 1 is 1.22 bits per heavy atom. The number of nitrogens with zero attached hydrogens (tertiary/aromatic N) is 1. The molecule has 0 saturated heterocycles. The number of carboxylic acids is 1. The number of hydrogen-bond donors (Lipinski definition) is 1. The van der Waals surface area contributed by atoms with Gasteiger partial charge in [0.1, 0.15) is 24.7 Å². The normalized spacial score (nSPS) is 10.9. The van der Waals surface area contributed by atoms with Gasteiger partial charge in [-0.3, -0.25) is 4.98 Å². The van der Waals surface area contributed by atoms with Gasteiger partial charge in [-0.25, -0.2) is 9.18 Å². The molecular formula is C21H21BFNO3. The van der Waals surface area contributed by atoms with Gasteiger partial charge in [0, 0.05) is 6.20 Å². The number of aromatic carboxylic acids is 1. The first-order chi connectivity index (χ1) is 13.0. The summed E-state index contributed by atoms with van der Waals surface area (Å²) in [5.74, 6) is -0.963. The van der Waals surface area contributed by atoms with E-state index in [0.717, 1.165) is 34.8 Å². The largest absolute Gasteiger partial charge is 0.490 e. The number of carboxylic acid groups (broad SMARTS) is 1. The Hall–Kier alpha value is -2.89. The minimum absolute atomic E-state index is 0.134. The van der Waals surface area contributed by atoms with Crippen LogP contribution in [0.1, 0.15) is 41.3 Å². The van der Waals surface area contributed by atoms with E-state index < -0.39 is 5.97 Å². The smallest absolute Gasteiger partial charge is 0.339 e. The fourth-order valence-electron chi connectivity index (χ4n) is 3.04. The molecule has 3 rings (SSSR count). The number of fused-ring (bicyclic) bond motifs is 1. The van der Waals surface area contributed by atoms with Crippen LogP contribution >= 0.6 is 0 Å². The molecule has 2 aromatic carbocycles. The highest BCUT2D eigenvalue weighted by molar-refractivity contribution is 6.39. The summed E-state index contributed by atoms with van der Waals surface area (Å²) in [6.07, 6.45) is 4.15. The van der Waals surface area contributed by atoms with Crippen molar-refractivity contribution in [2.75, 3.05) is 6.61 Å². The molecule has 0 bridgehead atoms. The van der Waals surface area contributed by atoms with E-state index in [2.05, 4.69) is 11.9 Å². The molecule has 138 valence electrons. The average Bonchev–Trinajstić information content (AvgIpc) is 2.65. The van der Waals surface area contributed by atoms with Gasteiger partial charge in [0.05, 0.1) is 6.61 Å². The van der Waals surface area contributed by atoms with Crippen LogP contribution < -0.4 is 10.2 Å². The maximum absolute atomic E-state index is 13.1. The van der Waals surface area contributed by atoms with E-state index in [1.54, 1.807) is 24.4 Å². The molecule has 0 aliphatic heterocycles. The van der Waals surface area contributed by atoms with Gasteiger partial charge in [0.15, 0.2) is 5.75 Å². The molecule has 0 aliphatic rings. The van der Waals surface area contributed by atoms with Crippen molar-refractivity contribution in [2.24, 2.45) is 0 Å². The number of pyridine rings is 1. The van der Waals surface area contributed by atoms with Crippen LogP contribution in [0.25, 0.3) is 10.9 Å². The summed E-state index contributed by atoms with van der Waals surface area (Å²) in [6.45, 7) is 2.50. The minimum atomic E-state index is -1.02. The summed E-state index contributed by atoms with van der Waals surface area (Å²) in [5, 5.41) is 10.4. The molecule has 6 heteroatoms. The molecule has 3 aromatic rings. The van der Waals surface area contributed by atoms with Crippen molar-refractivity contribution in [1.82, 2.24) is 4.98 Å². The molecule has 0 saturated carbocycles. The third kappa shape index (κ3) is 4.27. The molecule has 1 aromatic heterocycles. The fourth-order valence-corrected chi connectivity index (χ4v) is 3.04. The molecule has 0 fully saturated rings. The number of rotatable bonds is 7. The number of unbranched alkanes of at least 4 members (excludes halogenated alkanes) is 1. The van der Waals surface area contributed by atoms with Crippen molar-refractivity contribution in [2.45, 2.75) is 26.2 Å². The maximum atomic E-state index is 13.1. The van der Waals surface area contributed by atoms with E-state index in [1.165, 1.54) is 12.1 Å². The van der Waals surface area contributed by atoms with Crippen LogP contribution in [0.3, 0.4) is 0 Å². The van der Waals surface area contributed by atoms with Gasteiger partial charge in [-0.15, -0.1) is 0 Å². The lowest BCUT2D eigenvalue weighted by molar-refractivity contribution is 0.0692. The number of ether oxygens (including phenoxy) is 1. The third-order valence-electron chi connectivity index (χ3n) is 4.49. The van der Waals surface area contributed by atoms with Gasteiger partial charge in [0.2, 0.25) is 0 Å². The minimum Gasteiger partial charge on any atom is -0.490 e. The van der Waals surface area contributed by atoms with Gasteiger partial charge in [-0.05, 0) is 53.6 Å². The fraction of sp³-hybridized carbons (Fsp3) is 0.238. The molecule has 0 unspecified atom stereocenters. The summed E-state index contributed by atoms with van der Waals surface area (Å²) in [6, 6.07) is 10.0. The average molecular weight is 365 g/mol. The number of hydrogen-bond acceptors (Lipinski definition) is 3. The van der Waals surface area contributed by atoms with Crippen molar-refractivity contribution in [3.63, 3.8) is 0 Å². The summed E-state index contributed by atoms with van der Waals surface area (Å²) >= 11 is 0. The second-order valence-electron chi connectivity index (χ2n) is 6.62. The van der Waals surface area contributed by atoms with E-state index in [1.807, 2.05) is 13.9 Å². The molecule has 1 N–H and O–H groups in total. The molecule has 4 nitrogen and oxygen atoms in total. The molecule has 0 amide bonds. The first kappa shape index (κ1) is 18.9. The second-order valence-corrected chi connectivity index (χ2v) is 6.62. The molecule has 0 spiro atoms.